The number of aliphatic hydroxyl groups excluding tert-OH is 1. The Morgan fingerprint density at radius 3 is 3.11 bits per heavy atom. The van der Waals surface area contributed by atoms with Gasteiger partial charge in [0.05, 0.1) is 6.61 Å². The molecular weight excluding hydrogens is 244 g/mol. The summed E-state index contributed by atoms with van der Waals surface area (Å²) in [5, 5.41) is 21.3. The first-order valence-electron chi connectivity index (χ1n) is 6.44. The molecule has 2 unspecified atom stereocenters. The van der Waals surface area contributed by atoms with Crippen LogP contribution in [0.2, 0.25) is 0 Å². The van der Waals surface area contributed by atoms with Crippen molar-refractivity contribution in [1.82, 2.24) is 9.88 Å². The van der Waals surface area contributed by atoms with Gasteiger partial charge >= 0.3 is 0 Å². The molecule has 0 radical (unpaired) electrons. The van der Waals surface area contributed by atoms with Crippen LogP contribution in [0.4, 0.5) is 0 Å². The van der Waals surface area contributed by atoms with Gasteiger partial charge in [-0.1, -0.05) is 18.1 Å². The van der Waals surface area contributed by atoms with E-state index in [0.29, 0.717) is 18.2 Å². The van der Waals surface area contributed by atoms with Crippen molar-refractivity contribution >= 4 is 5.84 Å². The largest absolute Gasteiger partial charge is 0.409 e. The van der Waals surface area contributed by atoms with Gasteiger partial charge in [0.2, 0.25) is 0 Å². The third kappa shape index (κ3) is 2.85. The molecule has 0 aromatic carbocycles. The van der Waals surface area contributed by atoms with E-state index in [9.17, 15) is 5.11 Å². The van der Waals surface area contributed by atoms with E-state index in [1.54, 1.807) is 6.20 Å². The van der Waals surface area contributed by atoms with Crippen molar-refractivity contribution in [2.45, 2.75) is 25.9 Å². The lowest BCUT2D eigenvalue weighted by Crippen LogP contribution is -2.35. The Hall–Kier alpha value is -1.66. The first-order valence-corrected chi connectivity index (χ1v) is 6.44. The summed E-state index contributed by atoms with van der Waals surface area (Å²) in [6.45, 7) is 3.89. The van der Waals surface area contributed by atoms with Crippen molar-refractivity contribution in [3.8, 4) is 0 Å². The molecule has 1 fully saturated rings. The van der Waals surface area contributed by atoms with E-state index in [2.05, 4.69) is 22.0 Å². The Labute approximate surface area is 112 Å². The zero-order valence-corrected chi connectivity index (χ0v) is 11.0. The number of hydrogen-bond acceptors (Lipinski definition) is 5. The van der Waals surface area contributed by atoms with Crippen molar-refractivity contribution < 1.29 is 10.3 Å². The number of pyridine rings is 1. The molecule has 0 bridgehead atoms. The maximum Gasteiger partial charge on any atom is 0.189 e. The Morgan fingerprint density at radius 2 is 2.42 bits per heavy atom. The van der Waals surface area contributed by atoms with Crippen LogP contribution < -0.4 is 5.73 Å². The second-order valence-corrected chi connectivity index (χ2v) is 4.98. The third-order valence-electron chi connectivity index (χ3n) is 3.80. The van der Waals surface area contributed by atoms with E-state index < -0.39 is 0 Å². The van der Waals surface area contributed by atoms with Gasteiger partial charge in [-0.05, 0) is 30.5 Å². The molecular formula is C13H20N4O2. The smallest absolute Gasteiger partial charge is 0.189 e. The third-order valence-corrected chi connectivity index (χ3v) is 3.80. The zero-order chi connectivity index (χ0) is 13.8. The normalized spacial score (nSPS) is 24.8. The molecule has 104 valence electrons. The highest BCUT2D eigenvalue weighted by atomic mass is 16.4. The van der Waals surface area contributed by atoms with Crippen molar-refractivity contribution in [1.29, 1.82) is 0 Å². The number of likely N-dealkylation sites (tertiary alicyclic amines) is 1. The summed E-state index contributed by atoms with van der Waals surface area (Å²) in [5.74, 6) is 0.498. The molecule has 19 heavy (non-hydrogen) atoms. The van der Waals surface area contributed by atoms with Crippen LogP contribution in [0.25, 0.3) is 0 Å². The highest BCUT2D eigenvalue weighted by Crippen LogP contribution is 2.25. The number of nitrogens with two attached hydrogens (primary N) is 1. The number of aliphatic hydroxyl groups is 1. The van der Waals surface area contributed by atoms with Gasteiger partial charge in [-0.3, -0.25) is 9.88 Å². The van der Waals surface area contributed by atoms with Crippen molar-refractivity contribution in [3.05, 3.63) is 29.6 Å². The molecule has 0 amide bonds. The summed E-state index contributed by atoms with van der Waals surface area (Å²) in [6, 6.07) is 3.91. The monoisotopic (exact) mass is 264 g/mol. The van der Waals surface area contributed by atoms with Crippen LogP contribution in [0.3, 0.4) is 0 Å². The minimum atomic E-state index is 0.0170. The molecule has 2 atom stereocenters. The number of hydrogen-bond donors (Lipinski definition) is 3. The van der Waals surface area contributed by atoms with Crippen LogP contribution in [0, 0.1) is 5.92 Å². The quantitative estimate of drug-likeness (QED) is 0.316. The molecule has 1 aliphatic rings. The Morgan fingerprint density at radius 1 is 1.63 bits per heavy atom. The maximum atomic E-state index is 9.46. The number of nitrogens with zero attached hydrogens (tertiary/aromatic N) is 3. The lowest BCUT2D eigenvalue weighted by molar-refractivity contribution is 0.134. The average Bonchev–Trinajstić information content (AvgIpc) is 2.79. The number of aromatic nitrogens is 1. The van der Waals surface area contributed by atoms with Gasteiger partial charge in [0.25, 0.3) is 0 Å². The van der Waals surface area contributed by atoms with Gasteiger partial charge in [-0.25, -0.2) is 0 Å². The molecule has 1 saturated heterocycles. The van der Waals surface area contributed by atoms with Crippen LogP contribution in [0.5, 0.6) is 0 Å². The highest BCUT2D eigenvalue weighted by Gasteiger charge is 2.30. The minimum absolute atomic E-state index is 0.0170. The van der Waals surface area contributed by atoms with E-state index in [4.69, 9.17) is 10.9 Å². The molecule has 1 aromatic heterocycles. The van der Waals surface area contributed by atoms with E-state index in [1.165, 1.54) is 0 Å². The Balaban J connectivity index is 2.20. The van der Waals surface area contributed by atoms with Crippen LogP contribution in [0.15, 0.2) is 23.5 Å². The molecule has 2 rings (SSSR count). The van der Waals surface area contributed by atoms with E-state index >= 15 is 0 Å². The van der Waals surface area contributed by atoms with Crippen molar-refractivity contribution in [2.75, 3.05) is 13.2 Å². The van der Waals surface area contributed by atoms with E-state index in [0.717, 1.165) is 18.5 Å². The SMILES string of the molecule is CC1CCN(Cc2cccnc2/C(N)=N/O)C1CO. The summed E-state index contributed by atoms with van der Waals surface area (Å²) < 4.78 is 0. The number of rotatable bonds is 4. The molecule has 1 aliphatic heterocycles. The maximum absolute atomic E-state index is 9.46. The van der Waals surface area contributed by atoms with E-state index in [-0.39, 0.29) is 18.5 Å². The standard InChI is InChI=1S/C13H20N4O2/c1-9-4-6-17(11(9)8-18)7-10-3-2-5-15-12(10)13(14)16-19/h2-3,5,9,11,18-19H,4,6-8H2,1H3,(H2,14,16). The van der Waals surface area contributed by atoms with Crippen LogP contribution in [-0.2, 0) is 6.54 Å². The predicted molar refractivity (Wildman–Crippen MR) is 71.8 cm³/mol. The van der Waals surface area contributed by atoms with Gasteiger partial charge < -0.3 is 16.0 Å². The summed E-state index contributed by atoms with van der Waals surface area (Å²) in [7, 11) is 0. The molecule has 0 spiro atoms. The molecule has 4 N–H and O–H groups in total. The van der Waals surface area contributed by atoms with Gasteiger partial charge in [-0.2, -0.15) is 0 Å². The fraction of sp³-hybridized carbons (Fsp3) is 0.538. The zero-order valence-electron chi connectivity index (χ0n) is 11.0. The fourth-order valence-electron chi connectivity index (χ4n) is 2.64. The summed E-state index contributed by atoms with van der Waals surface area (Å²) in [5.41, 5.74) is 7.04. The molecule has 0 saturated carbocycles. The molecule has 2 heterocycles. The second kappa shape index (κ2) is 5.99. The van der Waals surface area contributed by atoms with Gasteiger partial charge in [0.1, 0.15) is 5.69 Å². The number of oxime groups is 1. The first-order chi connectivity index (χ1) is 9.17. The van der Waals surface area contributed by atoms with Crippen molar-refractivity contribution in [3.63, 3.8) is 0 Å². The summed E-state index contributed by atoms with van der Waals surface area (Å²) in [4.78, 5) is 6.37. The lowest BCUT2D eigenvalue weighted by atomic mass is 10.0. The van der Waals surface area contributed by atoms with E-state index in [1.807, 2.05) is 12.1 Å². The molecule has 1 aromatic rings. The van der Waals surface area contributed by atoms with Crippen LogP contribution >= 0.6 is 0 Å². The highest BCUT2D eigenvalue weighted by molar-refractivity contribution is 5.96. The first kappa shape index (κ1) is 13.8. The average molecular weight is 264 g/mol. The van der Waals surface area contributed by atoms with Crippen LogP contribution in [0.1, 0.15) is 24.6 Å². The lowest BCUT2D eigenvalue weighted by Gasteiger charge is -2.25. The topological polar surface area (TPSA) is 95.0 Å². The van der Waals surface area contributed by atoms with Gasteiger partial charge in [0.15, 0.2) is 5.84 Å². The second-order valence-electron chi connectivity index (χ2n) is 4.98. The summed E-state index contributed by atoms with van der Waals surface area (Å²) >= 11 is 0. The molecule has 6 heteroatoms. The fourth-order valence-corrected chi connectivity index (χ4v) is 2.64. The Bertz CT molecular complexity index is 464. The van der Waals surface area contributed by atoms with Gasteiger partial charge in [-0.15, -0.1) is 0 Å². The van der Waals surface area contributed by atoms with Crippen LogP contribution in [-0.4, -0.2) is 45.2 Å². The summed E-state index contributed by atoms with van der Waals surface area (Å²) in [6.07, 6.45) is 2.69. The molecule has 0 aliphatic carbocycles. The van der Waals surface area contributed by atoms with Gasteiger partial charge in [0, 0.05) is 18.8 Å². The Kier molecular flexibility index (Phi) is 4.34. The minimum Gasteiger partial charge on any atom is -0.409 e. The van der Waals surface area contributed by atoms with Crippen molar-refractivity contribution in [2.24, 2.45) is 16.8 Å². The predicted octanol–water partition coefficient (Wildman–Crippen LogP) is 0.379. The molecule has 6 nitrogen and oxygen atoms in total. The number of amidine groups is 1.